The predicted octanol–water partition coefficient (Wildman–Crippen LogP) is 7.64. The molecule has 13 heteroatoms. The highest BCUT2D eigenvalue weighted by atomic mass is 32.2. The van der Waals surface area contributed by atoms with Crippen LogP contribution in [0, 0.1) is 0 Å². The number of nitrogens with one attached hydrogen (secondary N) is 1. The van der Waals surface area contributed by atoms with Crippen LogP contribution < -0.4 is 20.0 Å². The smallest absolute Gasteiger partial charge is 0.237 e. The molecule has 4 heterocycles. The van der Waals surface area contributed by atoms with Gasteiger partial charge in [0, 0.05) is 33.1 Å². The number of hydrogen-bond acceptors (Lipinski definition) is 10. The van der Waals surface area contributed by atoms with Gasteiger partial charge >= 0.3 is 0 Å². The molecule has 0 unspecified atom stereocenters. The lowest BCUT2D eigenvalue weighted by Gasteiger charge is -2.36. The fourth-order valence-corrected chi connectivity index (χ4v) is 9.61. The van der Waals surface area contributed by atoms with Gasteiger partial charge in [0.05, 0.1) is 54.7 Å². The van der Waals surface area contributed by atoms with Crippen LogP contribution in [0.5, 0.6) is 0 Å². The van der Waals surface area contributed by atoms with Crippen LogP contribution in [-0.4, -0.2) is 65.4 Å². The van der Waals surface area contributed by atoms with E-state index in [2.05, 4.69) is 21.4 Å². The Morgan fingerprint density at radius 3 is 1.67 bits per heavy atom. The highest BCUT2D eigenvalue weighted by molar-refractivity contribution is 8.02. The summed E-state index contributed by atoms with van der Waals surface area (Å²) in [4.78, 5) is 51.8. The number of rotatable bonds is 6. The summed E-state index contributed by atoms with van der Waals surface area (Å²) in [6.07, 6.45) is 0. The Labute approximate surface area is 300 Å². The van der Waals surface area contributed by atoms with Gasteiger partial charge in [-0.1, -0.05) is 72.1 Å². The quantitative estimate of drug-likeness (QED) is 0.175. The molecule has 248 valence electrons. The first-order valence-corrected chi connectivity index (χ1v) is 19.3. The van der Waals surface area contributed by atoms with Crippen LogP contribution in [0.4, 0.5) is 22.7 Å². The second-order valence-electron chi connectivity index (χ2n) is 11.2. The maximum atomic E-state index is 12.8. The van der Waals surface area contributed by atoms with Crippen molar-refractivity contribution in [3.63, 3.8) is 0 Å². The van der Waals surface area contributed by atoms with Crippen molar-refractivity contribution in [2.45, 2.75) is 15.6 Å². The Balaban J connectivity index is 0.000000155. The summed E-state index contributed by atoms with van der Waals surface area (Å²) >= 11 is 6.23. The zero-order valence-corrected chi connectivity index (χ0v) is 29.8. The van der Waals surface area contributed by atoms with Crippen molar-refractivity contribution in [1.29, 1.82) is 0 Å². The van der Waals surface area contributed by atoms with Crippen molar-refractivity contribution in [2.24, 2.45) is 0 Å². The molecule has 3 amide bonds. The van der Waals surface area contributed by atoms with Crippen LogP contribution in [0.15, 0.2) is 106 Å². The van der Waals surface area contributed by atoms with Crippen LogP contribution >= 0.6 is 46.2 Å². The van der Waals surface area contributed by atoms with Gasteiger partial charge in [-0.15, -0.1) is 22.7 Å². The minimum absolute atomic E-state index is 0.00611. The number of thiazole rings is 2. The lowest BCUT2D eigenvalue weighted by molar-refractivity contribution is -0.118. The molecule has 0 radical (unpaired) electrons. The summed E-state index contributed by atoms with van der Waals surface area (Å²) in [6.45, 7) is 4.07. The number of amides is 3. The van der Waals surface area contributed by atoms with Gasteiger partial charge in [0.2, 0.25) is 17.7 Å². The molecule has 0 fully saturated rings. The molecule has 0 saturated heterocycles. The lowest BCUT2D eigenvalue weighted by atomic mass is 10.1. The number of aromatic nitrogens is 2. The van der Waals surface area contributed by atoms with Crippen LogP contribution in [0.1, 0.15) is 6.92 Å². The number of benzene rings is 4. The van der Waals surface area contributed by atoms with Crippen LogP contribution in [0.2, 0.25) is 0 Å². The van der Waals surface area contributed by atoms with Gasteiger partial charge < -0.3 is 20.0 Å². The monoisotopic (exact) mass is 724 g/mol. The van der Waals surface area contributed by atoms with Gasteiger partial charge in [0.15, 0.2) is 8.68 Å². The normalized spacial score (nSPS) is 13.7. The molecular weight excluding hydrogens is 693 g/mol. The van der Waals surface area contributed by atoms with Crippen molar-refractivity contribution < 1.29 is 14.4 Å². The number of fused-ring (bicyclic) bond motifs is 4. The van der Waals surface area contributed by atoms with Crippen LogP contribution in [-0.2, 0) is 14.4 Å². The molecule has 0 spiro atoms. The van der Waals surface area contributed by atoms with E-state index in [9.17, 15) is 14.4 Å². The van der Waals surface area contributed by atoms with Gasteiger partial charge in [-0.3, -0.25) is 14.4 Å². The first-order chi connectivity index (χ1) is 23.9. The Hall–Kier alpha value is -4.43. The topological polar surface area (TPSA) is 98.7 Å². The van der Waals surface area contributed by atoms with Crippen molar-refractivity contribution in [3.05, 3.63) is 97.1 Å². The predicted molar refractivity (Wildman–Crippen MR) is 205 cm³/mol. The third-order valence-electron chi connectivity index (χ3n) is 8.03. The zero-order chi connectivity index (χ0) is 33.7. The second kappa shape index (κ2) is 15.0. The Morgan fingerprint density at radius 2 is 1.10 bits per heavy atom. The van der Waals surface area contributed by atoms with E-state index in [0.29, 0.717) is 31.1 Å². The Morgan fingerprint density at radius 1 is 0.633 bits per heavy atom. The van der Waals surface area contributed by atoms with E-state index >= 15 is 0 Å². The summed E-state index contributed by atoms with van der Waals surface area (Å²) in [5.74, 6) is 0.893. The fraction of sp³-hybridized carbons (Fsp3) is 0.194. The maximum absolute atomic E-state index is 12.8. The highest BCUT2D eigenvalue weighted by Crippen LogP contribution is 2.35. The van der Waals surface area contributed by atoms with Gasteiger partial charge in [-0.2, -0.15) is 0 Å². The van der Waals surface area contributed by atoms with E-state index in [4.69, 9.17) is 0 Å². The van der Waals surface area contributed by atoms with E-state index in [1.165, 1.54) is 23.5 Å². The highest BCUT2D eigenvalue weighted by Gasteiger charge is 2.28. The molecule has 2 aromatic heterocycles. The molecular formula is C36H32N6O3S4. The Kier molecular flexibility index (Phi) is 10.1. The molecule has 9 nitrogen and oxygen atoms in total. The summed E-state index contributed by atoms with van der Waals surface area (Å²) < 4.78 is 4.14. The minimum Gasteiger partial charge on any atom is -0.382 e. The molecule has 2 aliphatic rings. The molecule has 0 aliphatic carbocycles. The second-order valence-corrected chi connectivity index (χ2v) is 15.7. The number of anilines is 4. The zero-order valence-electron chi connectivity index (χ0n) is 26.6. The largest absolute Gasteiger partial charge is 0.382 e. The van der Waals surface area contributed by atoms with Crippen molar-refractivity contribution >= 4 is 107 Å². The lowest BCUT2D eigenvalue weighted by Crippen LogP contribution is -2.46. The third kappa shape index (κ3) is 7.44. The molecule has 1 N–H and O–H groups in total. The molecule has 6 aromatic rings. The van der Waals surface area contributed by atoms with Crippen LogP contribution in [0.3, 0.4) is 0 Å². The van der Waals surface area contributed by atoms with Crippen molar-refractivity contribution in [2.75, 3.05) is 57.7 Å². The number of para-hydroxylation sites is 6. The minimum atomic E-state index is -0.00611. The van der Waals surface area contributed by atoms with Crippen molar-refractivity contribution in [3.8, 4) is 0 Å². The maximum Gasteiger partial charge on any atom is 0.237 e. The SMILES string of the molecule is CC(=O)N1CCN(C(=O)CSc2nc3ccccc3s2)c2ccccc21.O=C(CSc1nc2ccccc2s1)N1CCNc2ccccc21. The summed E-state index contributed by atoms with van der Waals surface area (Å²) in [7, 11) is 0. The number of hydrogen-bond donors (Lipinski definition) is 1. The Bertz CT molecular complexity index is 2080. The summed E-state index contributed by atoms with van der Waals surface area (Å²) in [5, 5.41) is 3.33. The van der Waals surface area contributed by atoms with E-state index in [1.54, 1.807) is 39.4 Å². The molecule has 8 rings (SSSR count). The molecule has 49 heavy (non-hydrogen) atoms. The average molecular weight is 725 g/mol. The van der Waals surface area contributed by atoms with E-state index in [1.807, 2.05) is 95.9 Å². The number of carbonyl (C=O) groups excluding carboxylic acids is 3. The molecule has 2 aliphatic heterocycles. The fourth-order valence-electron chi connectivity index (χ4n) is 5.72. The number of carbonyl (C=O) groups is 3. The summed E-state index contributed by atoms with van der Waals surface area (Å²) in [6, 6.07) is 31.5. The van der Waals surface area contributed by atoms with Gasteiger partial charge in [0.25, 0.3) is 0 Å². The van der Waals surface area contributed by atoms with E-state index in [-0.39, 0.29) is 17.7 Å². The molecule has 4 aromatic carbocycles. The number of thioether (sulfide) groups is 2. The third-order valence-corrected chi connectivity index (χ3v) is 12.4. The molecule has 0 atom stereocenters. The van der Waals surface area contributed by atoms with Gasteiger partial charge in [0.1, 0.15) is 0 Å². The van der Waals surface area contributed by atoms with Gasteiger partial charge in [-0.25, -0.2) is 9.97 Å². The first-order valence-electron chi connectivity index (χ1n) is 15.7. The first kappa shape index (κ1) is 33.1. The molecule has 0 bridgehead atoms. The van der Waals surface area contributed by atoms with Gasteiger partial charge in [-0.05, 0) is 48.5 Å². The van der Waals surface area contributed by atoms with Crippen LogP contribution in [0.25, 0.3) is 20.4 Å². The van der Waals surface area contributed by atoms with Crippen molar-refractivity contribution in [1.82, 2.24) is 9.97 Å². The number of nitrogens with zero attached hydrogens (tertiary/aromatic N) is 5. The van der Waals surface area contributed by atoms with E-state index < -0.39 is 0 Å². The van der Waals surface area contributed by atoms with E-state index in [0.717, 1.165) is 58.4 Å². The summed E-state index contributed by atoms with van der Waals surface area (Å²) in [5.41, 5.74) is 5.55. The standard InChI is InChI=1S/C19H17N3O2S2.C17H15N3OS2/c1-13(23)21-10-11-22(16-8-4-3-7-15(16)21)18(24)12-25-19-20-14-6-2-5-9-17(14)26-19;21-16(20-10-9-18-12-5-1-3-7-14(12)20)11-22-17-19-13-6-2-4-8-15(13)23-17/h2-9H,10-12H2,1H3;1-8,18H,9-11H2. The molecule has 0 saturated carbocycles. The average Bonchev–Trinajstić information content (AvgIpc) is 3.76.